The molecule has 1 fully saturated rings. The van der Waals surface area contributed by atoms with E-state index in [0.29, 0.717) is 78.9 Å². The third kappa shape index (κ3) is 5.25. The molecule has 0 bridgehead atoms. The lowest BCUT2D eigenvalue weighted by Crippen LogP contribution is -2.29. The Labute approximate surface area is 211 Å². The van der Waals surface area contributed by atoms with E-state index in [9.17, 15) is 14.4 Å². The summed E-state index contributed by atoms with van der Waals surface area (Å²) in [5.41, 5.74) is 3.10. The number of carbonyl (C=O) groups is 1. The Balaban J connectivity index is 1.18. The van der Waals surface area contributed by atoms with Crippen LogP contribution in [-0.4, -0.2) is 75.7 Å². The number of methoxy groups -OCH3 is 1. The minimum Gasteiger partial charge on any atom is -0.481 e. The average Bonchev–Trinajstić information content (AvgIpc) is 3.29. The van der Waals surface area contributed by atoms with E-state index in [0.717, 1.165) is 10.6 Å². The highest BCUT2D eigenvalue weighted by Crippen LogP contribution is 2.29. The largest absolute Gasteiger partial charge is 0.481 e. The molecule has 0 radical (unpaired) electrons. The Hall–Kier alpha value is -3.35. The molecular weight excluding hydrogens is 485 g/mol. The Morgan fingerprint density at radius 2 is 2.22 bits per heavy atom. The number of hydrogen-bond donors (Lipinski definition) is 3. The number of aromatic nitrogens is 3. The third-order valence-corrected chi connectivity index (χ3v) is 7.37. The van der Waals surface area contributed by atoms with Gasteiger partial charge in [-0.05, 0) is 24.6 Å². The maximum absolute atomic E-state index is 14.6. The predicted molar refractivity (Wildman–Crippen MR) is 134 cm³/mol. The summed E-state index contributed by atoms with van der Waals surface area (Å²) in [5.74, 6) is 0.983. The number of likely N-dealkylation sites (tertiary alicyclic amines) is 1. The molecule has 0 aromatic carbocycles. The van der Waals surface area contributed by atoms with Crippen LogP contribution in [0.15, 0.2) is 40.5 Å². The van der Waals surface area contributed by atoms with Gasteiger partial charge in [0.2, 0.25) is 11.8 Å². The van der Waals surface area contributed by atoms with E-state index in [-0.39, 0.29) is 11.8 Å². The van der Waals surface area contributed by atoms with E-state index < -0.39 is 5.82 Å². The molecule has 0 aliphatic carbocycles. The van der Waals surface area contributed by atoms with Gasteiger partial charge in [0.15, 0.2) is 0 Å². The van der Waals surface area contributed by atoms with E-state index in [1.54, 1.807) is 12.1 Å². The van der Waals surface area contributed by atoms with Crippen molar-refractivity contribution in [2.24, 2.45) is 11.1 Å². The first-order valence-corrected chi connectivity index (χ1v) is 12.6. The molecule has 3 N–H and O–H groups in total. The smallest absolute Gasteiger partial charge is 0.235 e. The van der Waals surface area contributed by atoms with Crippen LogP contribution in [0.4, 0.5) is 10.2 Å². The van der Waals surface area contributed by atoms with E-state index in [1.807, 2.05) is 12.1 Å². The molecule has 1 saturated heterocycles. The number of nitrogens with zero attached hydrogens (tertiary/aromatic N) is 5. The zero-order chi connectivity index (χ0) is 25.1. The van der Waals surface area contributed by atoms with Crippen LogP contribution < -0.4 is 15.4 Å². The molecular formula is C24H26FN7O3S. The highest BCUT2D eigenvalue weighted by Gasteiger charge is 2.29. The van der Waals surface area contributed by atoms with Gasteiger partial charge in [0.1, 0.15) is 11.6 Å². The highest BCUT2D eigenvalue weighted by molar-refractivity contribution is 8.00. The number of anilines is 1. The molecule has 2 aliphatic heterocycles. The molecule has 5 rings (SSSR count). The Bertz CT molecular complexity index is 1320. The number of halogens is 1. The topological polar surface area (TPSA) is 125 Å². The molecule has 1 atom stereocenters. The van der Waals surface area contributed by atoms with E-state index in [1.165, 1.54) is 25.1 Å². The molecule has 0 unspecified atom stereocenters. The van der Waals surface area contributed by atoms with Crippen LogP contribution in [-0.2, 0) is 17.8 Å². The van der Waals surface area contributed by atoms with Gasteiger partial charge in [0.25, 0.3) is 0 Å². The predicted octanol–water partition coefficient (Wildman–Crippen LogP) is 2.31. The van der Waals surface area contributed by atoms with Gasteiger partial charge >= 0.3 is 0 Å². The number of thioether (sulfide) groups is 1. The molecule has 3 aromatic heterocycles. The normalized spacial score (nSPS) is 19.0. The van der Waals surface area contributed by atoms with Crippen molar-refractivity contribution in [2.45, 2.75) is 17.9 Å². The maximum Gasteiger partial charge on any atom is 0.235 e. The summed E-state index contributed by atoms with van der Waals surface area (Å²) in [5, 5.41) is 19.2. The van der Waals surface area contributed by atoms with Crippen molar-refractivity contribution in [1.82, 2.24) is 25.2 Å². The monoisotopic (exact) mass is 511 g/mol. The molecule has 0 spiro atoms. The molecule has 12 heteroatoms. The number of pyridine rings is 3. The number of fused-ring (bicyclic) bond motifs is 2. The van der Waals surface area contributed by atoms with Crippen molar-refractivity contribution >= 4 is 40.2 Å². The van der Waals surface area contributed by atoms with E-state index >= 15 is 0 Å². The molecule has 2 aliphatic rings. The SMILES string of the molecule is COc1ccc2ncc(F)c(CCN3CC(=NO)[C@@H](CNCc4ccc5c(n4)NC(=O)CS5)C3)c2n1. The van der Waals surface area contributed by atoms with Gasteiger partial charge < -0.3 is 20.6 Å². The quantitative estimate of drug-likeness (QED) is 0.309. The summed E-state index contributed by atoms with van der Waals surface area (Å²) in [7, 11) is 1.52. The number of hydrogen-bond acceptors (Lipinski definition) is 10. The number of ether oxygens (including phenoxy) is 1. The standard InChI is InChI=1S/C24H26FN7O3S/c1-35-22-5-3-18-23(30-22)16(17(25)10-27-18)6-7-32-11-14(19(12-32)31-34)8-26-9-15-2-4-20-24(28-15)29-21(33)13-36-20/h2-5,10,14,26,34H,6-9,11-13H2,1H3,(H,28,29,33)/t14-/m0/s1. The van der Waals surface area contributed by atoms with Gasteiger partial charge in [-0.2, -0.15) is 0 Å². The average molecular weight is 512 g/mol. The second-order valence-corrected chi connectivity index (χ2v) is 9.71. The first-order chi connectivity index (χ1) is 17.5. The molecule has 0 saturated carbocycles. The maximum atomic E-state index is 14.6. The molecule has 10 nitrogen and oxygen atoms in total. The summed E-state index contributed by atoms with van der Waals surface area (Å²) in [6.07, 6.45) is 1.66. The van der Waals surface area contributed by atoms with Crippen LogP contribution in [0.1, 0.15) is 11.3 Å². The lowest BCUT2D eigenvalue weighted by molar-refractivity contribution is -0.113. The fraction of sp³-hybridized carbons (Fsp3) is 0.375. The Morgan fingerprint density at radius 3 is 3.06 bits per heavy atom. The van der Waals surface area contributed by atoms with Crippen molar-refractivity contribution in [1.29, 1.82) is 0 Å². The van der Waals surface area contributed by atoms with E-state index in [2.05, 4.69) is 35.6 Å². The number of carbonyl (C=O) groups excluding carboxylic acids is 1. The zero-order valence-electron chi connectivity index (χ0n) is 19.7. The molecule has 188 valence electrons. The number of amides is 1. The van der Waals surface area contributed by atoms with Gasteiger partial charge in [-0.15, -0.1) is 11.8 Å². The van der Waals surface area contributed by atoms with Crippen molar-refractivity contribution in [3.8, 4) is 5.88 Å². The summed E-state index contributed by atoms with van der Waals surface area (Å²) in [4.78, 5) is 27.8. The van der Waals surface area contributed by atoms with Gasteiger partial charge in [-0.25, -0.2) is 14.4 Å². The molecule has 5 heterocycles. The highest BCUT2D eigenvalue weighted by atomic mass is 32.2. The van der Waals surface area contributed by atoms with Crippen LogP contribution in [0.25, 0.3) is 11.0 Å². The summed E-state index contributed by atoms with van der Waals surface area (Å²) in [6, 6.07) is 7.37. The lowest BCUT2D eigenvalue weighted by Gasteiger charge is -2.17. The van der Waals surface area contributed by atoms with Crippen molar-refractivity contribution < 1.29 is 19.1 Å². The van der Waals surface area contributed by atoms with Gasteiger partial charge in [-0.3, -0.25) is 14.7 Å². The second-order valence-electron chi connectivity index (χ2n) is 8.70. The Kier molecular flexibility index (Phi) is 7.25. The number of rotatable bonds is 8. The minimum absolute atomic E-state index is 0.0140. The number of oxime groups is 1. The fourth-order valence-electron chi connectivity index (χ4n) is 4.48. The third-order valence-electron chi connectivity index (χ3n) is 6.32. The van der Waals surface area contributed by atoms with E-state index in [4.69, 9.17) is 4.74 Å². The lowest BCUT2D eigenvalue weighted by atomic mass is 10.1. The first-order valence-electron chi connectivity index (χ1n) is 11.6. The summed E-state index contributed by atoms with van der Waals surface area (Å²) < 4.78 is 19.8. The van der Waals surface area contributed by atoms with Crippen LogP contribution in [0.2, 0.25) is 0 Å². The first kappa shape index (κ1) is 24.3. The van der Waals surface area contributed by atoms with Gasteiger partial charge in [-0.1, -0.05) is 5.16 Å². The summed E-state index contributed by atoms with van der Waals surface area (Å²) >= 11 is 1.48. The minimum atomic E-state index is -0.399. The zero-order valence-corrected chi connectivity index (χ0v) is 20.5. The van der Waals surface area contributed by atoms with Crippen molar-refractivity contribution in [2.75, 3.05) is 44.4 Å². The van der Waals surface area contributed by atoms with Gasteiger partial charge in [0, 0.05) is 50.3 Å². The number of nitrogens with one attached hydrogen (secondary N) is 2. The van der Waals surface area contributed by atoms with Crippen LogP contribution in [0, 0.1) is 11.7 Å². The second kappa shape index (κ2) is 10.7. The molecule has 3 aromatic rings. The van der Waals surface area contributed by atoms with Crippen molar-refractivity contribution in [3.63, 3.8) is 0 Å². The van der Waals surface area contributed by atoms with Crippen LogP contribution in [0.3, 0.4) is 0 Å². The van der Waals surface area contributed by atoms with Gasteiger partial charge in [0.05, 0.1) is 46.4 Å². The van der Waals surface area contributed by atoms with Crippen molar-refractivity contribution in [3.05, 3.63) is 47.5 Å². The Morgan fingerprint density at radius 1 is 1.33 bits per heavy atom. The molecule has 36 heavy (non-hydrogen) atoms. The molecule has 1 amide bonds. The van der Waals surface area contributed by atoms with Crippen LogP contribution in [0.5, 0.6) is 5.88 Å². The summed E-state index contributed by atoms with van der Waals surface area (Å²) in [6.45, 7) is 2.88. The fourth-order valence-corrected chi connectivity index (χ4v) is 5.24. The van der Waals surface area contributed by atoms with Crippen LogP contribution >= 0.6 is 11.8 Å².